The largest absolute Gasteiger partial charge is 0.462 e. The maximum absolute atomic E-state index is 12.5. The second-order valence-electron chi connectivity index (χ2n) is 10.3. The maximum atomic E-state index is 12.5. The molecule has 3 fully saturated rings. The van der Waals surface area contributed by atoms with Crippen molar-refractivity contribution in [2.45, 2.75) is 85.7 Å². The highest BCUT2D eigenvalue weighted by Crippen LogP contribution is 2.72. The molecule has 24 heavy (non-hydrogen) atoms. The van der Waals surface area contributed by atoms with Crippen molar-refractivity contribution in [2.75, 3.05) is 6.61 Å². The monoisotopic (exact) mass is 336 g/mol. The van der Waals surface area contributed by atoms with Gasteiger partial charge in [0.1, 0.15) is 12.2 Å². The lowest BCUT2D eigenvalue weighted by atomic mass is 9.62. The van der Waals surface area contributed by atoms with Crippen LogP contribution in [-0.2, 0) is 9.53 Å². The Balaban J connectivity index is 1.86. The summed E-state index contributed by atoms with van der Waals surface area (Å²) in [6.07, 6.45) is 6.53. The zero-order chi connectivity index (χ0) is 18.0. The Morgan fingerprint density at radius 2 is 1.79 bits per heavy atom. The van der Waals surface area contributed by atoms with Gasteiger partial charge in [-0.15, -0.1) is 0 Å². The van der Waals surface area contributed by atoms with E-state index < -0.39 is 11.0 Å². The lowest BCUT2D eigenvalue weighted by Crippen LogP contribution is -2.55. The van der Waals surface area contributed by atoms with E-state index in [2.05, 4.69) is 20.8 Å². The van der Waals surface area contributed by atoms with E-state index in [0.29, 0.717) is 11.8 Å². The molecule has 0 aromatic heterocycles. The molecule has 0 heterocycles. The van der Waals surface area contributed by atoms with Crippen LogP contribution in [0.4, 0.5) is 0 Å². The van der Waals surface area contributed by atoms with Crippen LogP contribution in [0, 0.1) is 34.0 Å². The van der Waals surface area contributed by atoms with E-state index in [1.807, 2.05) is 20.8 Å². The quantitative estimate of drug-likeness (QED) is 0.765. The fourth-order valence-corrected chi connectivity index (χ4v) is 6.35. The zero-order valence-electron chi connectivity index (χ0n) is 16.4. The Morgan fingerprint density at radius 1 is 1.17 bits per heavy atom. The van der Waals surface area contributed by atoms with Gasteiger partial charge >= 0.3 is 5.97 Å². The highest BCUT2D eigenvalue weighted by Gasteiger charge is 2.72. The molecule has 0 amide bonds. The van der Waals surface area contributed by atoms with Crippen LogP contribution in [0.25, 0.3) is 0 Å². The Hall–Kier alpha value is -0.570. The number of aliphatic hydroxyl groups is 1. The molecule has 5 atom stereocenters. The molecule has 0 aromatic carbocycles. The second kappa shape index (κ2) is 5.46. The highest BCUT2D eigenvalue weighted by molar-refractivity contribution is 5.75. The molecule has 0 aliphatic heterocycles. The summed E-state index contributed by atoms with van der Waals surface area (Å²) in [5.41, 5.74) is -1.15. The number of hydrogen-bond donors (Lipinski definition) is 1. The minimum atomic E-state index is -0.849. The number of carbonyl (C=O) groups excluding carboxylic acids is 1. The summed E-state index contributed by atoms with van der Waals surface area (Å²) in [5.74, 6) is 1.24. The zero-order valence-corrected chi connectivity index (χ0v) is 16.4. The minimum Gasteiger partial charge on any atom is -0.462 e. The Kier molecular flexibility index (Phi) is 4.15. The Bertz CT molecular complexity index is 523. The van der Waals surface area contributed by atoms with Crippen molar-refractivity contribution in [1.82, 2.24) is 0 Å². The van der Waals surface area contributed by atoms with Crippen molar-refractivity contribution < 1.29 is 14.6 Å². The minimum absolute atomic E-state index is 0.106. The maximum Gasteiger partial charge on any atom is 0.311 e. The molecule has 3 nitrogen and oxygen atoms in total. The van der Waals surface area contributed by atoms with Gasteiger partial charge in [-0.25, -0.2) is 0 Å². The van der Waals surface area contributed by atoms with Gasteiger partial charge in [0.25, 0.3) is 0 Å². The molecule has 3 rings (SSSR count). The SMILES string of the molecule is CCC(C)(C)C(=O)OCC1(O)C2CCC3C2C(C)(C)CCC[C@@]31C. The summed E-state index contributed by atoms with van der Waals surface area (Å²) in [5, 5.41) is 11.8. The Labute approximate surface area is 147 Å². The van der Waals surface area contributed by atoms with E-state index in [1.54, 1.807) is 0 Å². The molecule has 0 saturated heterocycles. The van der Waals surface area contributed by atoms with E-state index in [-0.39, 0.29) is 29.3 Å². The first-order chi connectivity index (χ1) is 11.0. The molecule has 3 aliphatic carbocycles. The molecule has 0 spiro atoms. The van der Waals surface area contributed by atoms with Gasteiger partial charge in [0.15, 0.2) is 0 Å². The molecular formula is C21H36O3. The Morgan fingerprint density at radius 3 is 2.42 bits per heavy atom. The van der Waals surface area contributed by atoms with Crippen LogP contribution < -0.4 is 0 Å². The van der Waals surface area contributed by atoms with Crippen LogP contribution in [0.2, 0.25) is 0 Å². The summed E-state index contributed by atoms with van der Waals surface area (Å²) >= 11 is 0. The molecule has 3 aliphatic rings. The van der Waals surface area contributed by atoms with Crippen LogP contribution in [0.15, 0.2) is 0 Å². The molecule has 138 valence electrons. The first-order valence-corrected chi connectivity index (χ1v) is 9.89. The van der Waals surface area contributed by atoms with Crippen LogP contribution in [0.5, 0.6) is 0 Å². The van der Waals surface area contributed by atoms with Gasteiger partial charge in [0.2, 0.25) is 0 Å². The van der Waals surface area contributed by atoms with Crippen molar-refractivity contribution in [1.29, 1.82) is 0 Å². The van der Waals surface area contributed by atoms with Gasteiger partial charge in [-0.2, -0.15) is 0 Å². The van der Waals surface area contributed by atoms with Gasteiger partial charge in [-0.3, -0.25) is 4.79 Å². The van der Waals surface area contributed by atoms with Crippen molar-refractivity contribution in [3.05, 3.63) is 0 Å². The lowest BCUT2D eigenvalue weighted by molar-refractivity contribution is -0.185. The third-order valence-electron chi connectivity index (χ3n) is 8.36. The fraction of sp³-hybridized carbons (Fsp3) is 0.952. The highest BCUT2D eigenvalue weighted by atomic mass is 16.5. The van der Waals surface area contributed by atoms with Crippen LogP contribution >= 0.6 is 0 Å². The summed E-state index contributed by atoms with van der Waals surface area (Å²) in [6, 6.07) is 0. The first kappa shape index (κ1) is 18.2. The van der Waals surface area contributed by atoms with Gasteiger partial charge < -0.3 is 9.84 Å². The van der Waals surface area contributed by atoms with Crippen molar-refractivity contribution in [3.63, 3.8) is 0 Å². The standard InChI is InChI=1S/C21H36O3/c1-7-18(2,3)17(22)24-13-21(23)15-10-9-14-16(15)19(4,5)11-8-12-20(14,21)6/h14-16,23H,7-13H2,1-6H3/t14?,15?,16?,20-,21?/m0/s1. The van der Waals surface area contributed by atoms with Crippen molar-refractivity contribution in [3.8, 4) is 0 Å². The van der Waals surface area contributed by atoms with E-state index in [0.717, 1.165) is 19.3 Å². The van der Waals surface area contributed by atoms with Gasteiger partial charge in [-0.05, 0) is 69.1 Å². The number of hydrogen-bond acceptors (Lipinski definition) is 3. The molecule has 3 saturated carbocycles. The third-order valence-corrected chi connectivity index (χ3v) is 8.36. The third kappa shape index (κ3) is 2.29. The van der Waals surface area contributed by atoms with Gasteiger partial charge in [0.05, 0.1) is 5.41 Å². The van der Waals surface area contributed by atoms with Crippen molar-refractivity contribution >= 4 is 5.97 Å². The van der Waals surface area contributed by atoms with Crippen LogP contribution in [0.1, 0.15) is 80.1 Å². The summed E-state index contributed by atoms with van der Waals surface area (Å²) in [4.78, 5) is 12.5. The van der Waals surface area contributed by atoms with Crippen LogP contribution in [0.3, 0.4) is 0 Å². The normalized spacial score (nSPS) is 43.5. The number of ether oxygens (including phenoxy) is 1. The van der Waals surface area contributed by atoms with Crippen LogP contribution in [-0.4, -0.2) is 23.3 Å². The first-order valence-electron chi connectivity index (χ1n) is 9.89. The van der Waals surface area contributed by atoms with Gasteiger partial charge in [-0.1, -0.05) is 34.1 Å². The molecule has 4 bridgehead atoms. The summed E-state index contributed by atoms with van der Waals surface area (Å²) in [7, 11) is 0. The average molecular weight is 337 g/mol. The average Bonchev–Trinajstić information content (AvgIpc) is 3.00. The predicted molar refractivity (Wildman–Crippen MR) is 95.4 cm³/mol. The fourth-order valence-electron chi connectivity index (χ4n) is 6.35. The smallest absolute Gasteiger partial charge is 0.311 e. The van der Waals surface area contributed by atoms with E-state index in [4.69, 9.17) is 4.74 Å². The number of rotatable bonds is 4. The number of esters is 1. The number of carbonyl (C=O) groups is 1. The molecule has 3 heteroatoms. The van der Waals surface area contributed by atoms with Gasteiger partial charge in [0, 0.05) is 5.41 Å². The predicted octanol–water partition coefficient (Wildman–Crippen LogP) is 4.57. The lowest BCUT2D eigenvalue weighted by Gasteiger charge is -2.48. The summed E-state index contributed by atoms with van der Waals surface area (Å²) in [6.45, 7) is 13.1. The van der Waals surface area contributed by atoms with E-state index >= 15 is 0 Å². The molecule has 0 aromatic rings. The van der Waals surface area contributed by atoms with Crippen molar-refractivity contribution in [2.24, 2.45) is 34.0 Å². The molecule has 4 unspecified atom stereocenters. The molecule has 0 radical (unpaired) electrons. The molecular weight excluding hydrogens is 300 g/mol. The summed E-state index contributed by atoms with van der Waals surface area (Å²) < 4.78 is 5.73. The molecule has 1 N–H and O–H groups in total. The second-order valence-corrected chi connectivity index (χ2v) is 10.3. The topological polar surface area (TPSA) is 46.5 Å². The van der Waals surface area contributed by atoms with E-state index in [1.165, 1.54) is 19.3 Å². The van der Waals surface area contributed by atoms with E-state index in [9.17, 15) is 9.90 Å².